The summed E-state index contributed by atoms with van der Waals surface area (Å²) in [4.78, 5) is 15.3. The van der Waals surface area contributed by atoms with Crippen LogP contribution in [0, 0.1) is 0 Å². The molecule has 7 heteroatoms. The Balaban J connectivity index is 0.999. The lowest BCUT2D eigenvalue weighted by Gasteiger charge is -2.10. The lowest BCUT2D eigenvalue weighted by molar-refractivity contribution is 0.668. The molecule has 8 aromatic carbocycles. The standard InChI is InChI=1S/C51H29N5OS/c1-2-12-30(13-3-1)49-52-50(54-51(53-49)56-42-19-9-4-14-33(42)34-15-5-10-20-43(34)56)31-22-24-36-37-25-23-32(29-45(37)57-44(36)28-31)55-41-18-8-6-16-35(41)39-26-27-40-38-17-7-11-21-46(38)58-48(40)47(39)55/h1-29H. The zero-order valence-corrected chi connectivity index (χ0v) is 31.6. The lowest BCUT2D eigenvalue weighted by atomic mass is 10.1. The number of benzene rings is 8. The highest BCUT2D eigenvalue weighted by Crippen LogP contribution is 2.44. The van der Waals surface area contributed by atoms with Gasteiger partial charge in [-0.15, -0.1) is 11.3 Å². The predicted octanol–water partition coefficient (Wildman–Crippen LogP) is 13.7. The fourth-order valence-corrected chi connectivity index (χ4v) is 10.2. The minimum absolute atomic E-state index is 0.564. The highest BCUT2D eigenvalue weighted by molar-refractivity contribution is 7.26. The van der Waals surface area contributed by atoms with Gasteiger partial charge in [0.1, 0.15) is 11.2 Å². The van der Waals surface area contributed by atoms with Crippen LogP contribution in [-0.4, -0.2) is 24.1 Å². The van der Waals surface area contributed by atoms with E-state index in [-0.39, 0.29) is 0 Å². The number of rotatable bonds is 4. The summed E-state index contributed by atoms with van der Waals surface area (Å²) in [6.07, 6.45) is 0. The molecule has 0 saturated heterocycles. The van der Waals surface area contributed by atoms with Crippen molar-refractivity contribution in [3.63, 3.8) is 0 Å². The summed E-state index contributed by atoms with van der Waals surface area (Å²) in [5, 5.41) is 9.46. The summed E-state index contributed by atoms with van der Waals surface area (Å²) < 4.78 is 13.9. The fourth-order valence-electron chi connectivity index (χ4n) is 8.99. The van der Waals surface area contributed by atoms with Gasteiger partial charge in [0.15, 0.2) is 11.6 Å². The Morgan fingerprint density at radius 2 is 0.948 bits per heavy atom. The smallest absolute Gasteiger partial charge is 0.238 e. The molecule has 0 N–H and O–H groups in total. The number of hydrogen-bond acceptors (Lipinski definition) is 5. The van der Waals surface area contributed by atoms with Gasteiger partial charge in [-0.2, -0.15) is 9.97 Å². The van der Waals surface area contributed by atoms with E-state index in [1.54, 1.807) is 0 Å². The SMILES string of the molecule is c1ccc(-c2nc(-c3ccc4c(c3)oc3cc(-n5c6ccccc6c6ccc7c8ccccc8sc7c65)ccc34)nc(-n3c4ccccc4c4ccccc43)n2)cc1. The van der Waals surface area contributed by atoms with E-state index in [1.807, 2.05) is 41.7 Å². The van der Waals surface area contributed by atoms with E-state index in [0.29, 0.717) is 17.6 Å². The van der Waals surface area contributed by atoms with E-state index in [4.69, 9.17) is 19.4 Å². The Hall–Kier alpha value is -7.61. The molecule has 13 aromatic rings. The summed E-state index contributed by atoms with van der Waals surface area (Å²) in [5.41, 5.74) is 8.91. The molecule has 5 aromatic heterocycles. The van der Waals surface area contributed by atoms with Crippen LogP contribution >= 0.6 is 11.3 Å². The summed E-state index contributed by atoms with van der Waals surface area (Å²) >= 11 is 1.86. The van der Waals surface area contributed by atoms with Gasteiger partial charge in [0.05, 0.1) is 26.8 Å². The van der Waals surface area contributed by atoms with E-state index in [9.17, 15) is 0 Å². The molecular formula is C51H29N5OS. The van der Waals surface area contributed by atoms with Gasteiger partial charge in [-0.3, -0.25) is 4.57 Å². The number of furan rings is 1. The van der Waals surface area contributed by atoms with E-state index in [0.717, 1.165) is 60.6 Å². The number of nitrogens with zero attached hydrogens (tertiary/aromatic N) is 5. The molecule has 0 spiro atoms. The van der Waals surface area contributed by atoms with Crippen molar-refractivity contribution in [3.05, 3.63) is 176 Å². The van der Waals surface area contributed by atoms with Gasteiger partial charge < -0.3 is 8.98 Å². The normalized spacial score (nSPS) is 12.1. The summed E-state index contributed by atoms with van der Waals surface area (Å²) in [5.74, 6) is 1.75. The second-order valence-electron chi connectivity index (χ2n) is 14.8. The second kappa shape index (κ2) is 11.9. The molecule has 13 rings (SSSR count). The van der Waals surface area contributed by atoms with Crippen molar-refractivity contribution in [1.82, 2.24) is 24.1 Å². The van der Waals surface area contributed by atoms with Crippen LogP contribution in [-0.2, 0) is 0 Å². The van der Waals surface area contributed by atoms with Crippen LogP contribution in [0.25, 0.3) is 120 Å². The molecule has 5 heterocycles. The first-order chi connectivity index (χ1) is 28.7. The highest BCUT2D eigenvalue weighted by atomic mass is 32.1. The largest absolute Gasteiger partial charge is 0.456 e. The molecule has 0 aliphatic heterocycles. The van der Waals surface area contributed by atoms with Crippen molar-refractivity contribution < 1.29 is 4.42 Å². The van der Waals surface area contributed by atoms with Crippen molar-refractivity contribution in [1.29, 1.82) is 0 Å². The van der Waals surface area contributed by atoms with Crippen molar-refractivity contribution >= 4 is 97.1 Å². The molecule has 0 aliphatic rings. The van der Waals surface area contributed by atoms with Gasteiger partial charge in [0.2, 0.25) is 5.95 Å². The maximum atomic E-state index is 6.76. The molecule has 0 fully saturated rings. The third-order valence-electron chi connectivity index (χ3n) is 11.6. The zero-order chi connectivity index (χ0) is 37.9. The van der Waals surface area contributed by atoms with Crippen LogP contribution in [0.2, 0.25) is 0 Å². The van der Waals surface area contributed by atoms with Crippen LogP contribution < -0.4 is 0 Å². The minimum atomic E-state index is 0.564. The molecule has 0 bridgehead atoms. The molecule has 58 heavy (non-hydrogen) atoms. The van der Waals surface area contributed by atoms with Crippen LogP contribution in [0.3, 0.4) is 0 Å². The number of fused-ring (bicyclic) bond motifs is 13. The molecule has 0 saturated carbocycles. The number of aromatic nitrogens is 5. The predicted molar refractivity (Wildman–Crippen MR) is 240 cm³/mol. The molecule has 270 valence electrons. The van der Waals surface area contributed by atoms with Gasteiger partial charge in [-0.05, 0) is 48.5 Å². The molecule has 0 amide bonds. The van der Waals surface area contributed by atoms with Crippen molar-refractivity contribution in [2.75, 3.05) is 0 Å². The van der Waals surface area contributed by atoms with Crippen LogP contribution in [0.4, 0.5) is 0 Å². The van der Waals surface area contributed by atoms with Gasteiger partial charge in [0, 0.05) is 70.7 Å². The van der Waals surface area contributed by atoms with E-state index in [1.165, 1.54) is 42.0 Å². The first-order valence-corrected chi connectivity index (χ1v) is 20.2. The summed E-state index contributed by atoms with van der Waals surface area (Å²) in [7, 11) is 0. The monoisotopic (exact) mass is 759 g/mol. The van der Waals surface area contributed by atoms with Crippen LogP contribution in [0.15, 0.2) is 180 Å². The maximum Gasteiger partial charge on any atom is 0.238 e. The average Bonchev–Trinajstić information content (AvgIpc) is 4.03. The summed E-state index contributed by atoms with van der Waals surface area (Å²) in [6, 6.07) is 61.8. The first-order valence-electron chi connectivity index (χ1n) is 19.4. The fraction of sp³-hybridized carbons (Fsp3) is 0. The minimum Gasteiger partial charge on any atom is -0.456 e. The number of para-hydroxylation sites is 3. The van der Waals surface area contributed by atoms with Gasteiger partial charge >= 0.3 is 0 Å². The molecule has 0 atom stereocenters. The Labute approximate surface area is 334 Å². The van der Waals surface area contributed by atoms with Gasteiger partial charge in [-0.25, -0.2) is 4.98 Å². The second-order valence-corrected chi connectivity index (χ2v) is 15.9. The van der Waals surface area contributed by atoms with Gasteiger partial charge in [0.25, 0.3) is 0 Å². The Kier molecular flexibility index (Phi) is 6.50. The number of hydrogen-bond donors (Lipinski definition) is 0. The summed E-state index contributed by atoms with van der Waals surface area (Å²) in [6.45, 7) is 0. The number of thiophene rings is 1. The van der Waals surface area contributed by atoms with E-state index in [2.05, 4.69) is 155 Å². The molecule has 6 nitrogen and oxygen atoms in total. The van der Waals surface area contributed by atoms with E-state index >= 15 is 0 Å². The van der Waals surface area contributed by atoms with Crippen LogP contribution in [0.1, 0.15) is 0 Å². The first kappa shape index (κ1) is 31.6. The third kappa shape index (κ3) is 4.50. The molecular weight excluding hydrogens is 731 g/mol. The molecule has 0 aliphatic carbocycles. The van der Waals surface area contributed by atoms with Crippen molar-refractivity contribution in [2.24, 2.45) is 0 Å². The van der Waals surface area contributed by atoms with Gasteiger partial charge in [-0.1, -0.05) is 121 Å². The highest BCUT2D eigenvalue weighted by Gasteiger charge is 2.21. The van der Waals surface area contributed by atoms with E-state index < -0.39 is 0 Å². The quantitative estimate of drug-likeness (QED) is 0.179. The Bertz CT molecular complexity index is 3760. The molecule has 0 radical (unpaired) electrons. The average molecular weight is 760 g/mol. The zero-order valence-electron chi connectivity index (χ0n) is 30.8. The third-order valence-corrected chi connectivity index (χ3v) is 12.8. The Morgan fingerprint density at radius 1 is 0.397 bits per heavy atom. The molecule has 0 unspecified atom stereocenters. The van der Waals surface area contributed by atoms with Crippen molar-refractivity contribution in [3.8, 4) is 34.4 Å². The topological polar surface area (TPSA) is 61.7 Å². The lowest BCUT2D eigenvalue weighted by Crippen LogP contribution is -2.06. The maximum absolute atomic E-state index is 6.76. The van der Waals surface area contributed by atoms with Crippen molar-refractivity contribution in [2.45, 2.75) is 0 Å². The van der Waals surface area contributed by atoms with Crippen LogP contribution in [0.5, 0.6) is 0 Å². The Morgan fingerprint density at radius 3 is 1.69 bits per heavy atom.